The van der Waals surface area contributed by atoms with E-state index in [-0.39, 0.29) is 5.82 Å². The molecule has 0 aliphatic carbocycles. The first kappa shape index (κ1) is 9.71. The fraction of sp³-hybridized carbons (Fsp3) is 0.182. The number of hydrogen-bond donors (Lipinski definition) is 1. The molecule has 0 unspecified atom stereocenters. The van der Waals surface area contributed by atoms with Gasteiger partial charge in [0, 0.05) is 11.6 Å². The van der Waals surface area contributed by atoms with Crippen molar-refractivity contribution in [3.05, 3.63) is 35.8 Å². The summed E-state index contributed by atoms with van der Waals surface area (Å²) in [6.07, 6.45) is 1.59. The van der Waals surface area contributed by atoms with Crippen LogP contribution in [0, 0.1) is 5.82 Å². The number of carbonyl (C=O) groups is 1. The Labute approximate surface area is 85.9 Å². The quantitative estimate of drug-likeness (QED) is 0.768. The van der Waals surface area contributed by atoms with Gasteiger partial charge in [-0.2, -0.15) is 0 Å². The number of benzene rings is 1. The lowest BCUT2D eigenvalue weighted by Crippen LogP contribution is -2.05. The zero-order chi connectivity index (χ0) is 10.8. The number of ether oxygens (including phenoxy) is 1. The normalized spacial score (nSPS) is 10.5. The predicted molar refractivity (Wildman–Crippen MR) is 54.2 cm³/mol. The van der Waals surface area contributed by atoms with Crippen LogP contribution in [-0.4, -0.2) is 17.6 Å². The molecule has 1 heterocycles. The zero-order valence-electron chi connectivity index (χ0n) is 8.21. The molecular formula is C11H10FNO2. The Bertz CT molecular complexity index is 504. The van der Waals surface area contributed by atoms with Crippen molar-refractivity contribution in [2.45, 2.75) is 6.92 Å². The van der Waals surface area contributed by atoms with Crippen LogP contribution in [0.5, 0.6) is 0 Å². The molecule has 1 aromatic carbocycles. The second-order valence-corrected chi connectivity index (χ2v) is 3.08. The molecule has 1 N–H and O–H groups in total. The highest BCUT2D eigenvalue weighted by Crippen LogP contribution is 2.21. The fourth-order valence-corrected chi connectivity index (χ4v) is 1.51. The zero-order valence-corrected chi connectivity index (χ0v) is 8.21. The number of halogens is 1. The molecule has 2 rings (SSSR count). The molecule has 0 amide bonds. The molecule has 0 bridgehead atoms. The molecule has 0 aliphatic rings. The summed E-state index contributed by atoms with van der Waals surface area (Å²) in [4.78, 5) is 14.3. The van der Waals surface area contributed by atoms with Gasteiger partial charge in [-0.15, -0.1) is 0 Å². The van der Waals surface area contributed by atoms with Gasteiger partial charge in [-0.3, -0.25) is 0 Å². The number of aromatic amines is 1. The molecule has 1 aromatic heterocycles. The van der Waals surface area contributed by atoms with E-state index >= 15 is 0 Å². The second-order valence-electron chi connectivity index (χ2n) is 3.08. The maximum Gasteiger partial charge on any atom is 0.338 e. The molecule has 0 aliphatic heterocycles. The van der Waals surface area contributed by atoms with E-state index < -0.39 is 5.97 Å². The van der Waals surface area contributed by atoms with Crippen LogP contribution in [0.15, 0.2) is 24.4 Å². The topological polar surface area (TPSA) is 42.1 Å². The Morgan fingerprint density at radius 2 is 2.27 bits per heavy atom. The number of rotatable bonds is 2. The number of aromatic nitrogens is 1. The van der Waals surface area contributed by atoms with E-state index in [9.17, 15) is 9.18 Å². The molecule has 4 heteroatoms. The molecule has 0 spiro atoms. The van der Waals surface area contributed by atoms with E-state index in [1.165, 1.54) is 12.1 Å². The van der Waals surface area contributed by atoms with E-state index in [0.717, 1.165) is 0 Å². The van der Waals surface area contributed by atoms with E-state index in [1.54, 1.807) is 19.2 Å². The summed E-state index contributed by atoms with van der Waals surface area (Å²) in [6, 6.07) is 4.35. The van der Waals surface area contributed by atoms with Crippen molar-refractivity contribution in [2.75, 3.05) is 6.61 Å². The van der Waals surface area contributed by atoms with Crippen molar-refractivity contribution in [1.29, 1.82) is 0 Å². The first-order chi connectivity index (χ1) is 7.24. The highest BCUT2D eigenvalue weighted by atomic mass is 19.1. The Morgan fingerprint density at radius 1 is 1.47 bits per heavy atom. The van der Waals surface area contributed by atoms with E-state index in [0.29, 0.717) is 23.1 Å². The Kier molecular flexibility index (Phi) is 2.41. The first-order valence-electron chi connectivity index (χ1n) is 4.66. The van der Waals surface area contributed by atoms with E-state index in [4.69, 9.17) is 4.74 Å². The molecule has 15 heavy (non-hydrogen) atoms. The molecule has 0 radical (unpaired) electrons. The van der Waals surface area contributed by atoms with Crippen molar-refractivity contribution in [1.82, 2.24) is 4.98 Å². The van der Waals surface area contributed by atoms with Crippen molar-refractivity contribution in [3.8, 4) is 0 Å². The number of fused-ring (bicyclic) bond motifs is 1. The standard InChI is InChI=1S/C11H10FNO2/c1-2-15-11(14)8-3-4-9(12)10-7(8)5-6-13-10/h3-6,13H,2H2,1H3. The summed E-state index contributed by atoms with van der Waals surface area (Å²) < 4.78 is 18.1. The largest absolute Gasteiger partial charge is 0.462 e. The lowest BCUT2D eigenvalue weighted by molar-refractivity contribution is 0.0528. The second kappa shape index (κ2) is 3.73. The third kappa shape index (κ3) is 1.58. The number of esters is 1. The summed E-state index contributed by atoms with van der Waals surface area (Å²) in [6.45, 7) is 2.04. The van der Waals surface area contributed by atoms with Crippen molar-refractivity contribution in [3.63, 3.8) is 0 Å². The molecular weight excluding hydrogens is 197 g/mol. The van der Waals surface area contributed by atoms with Gasteiger partial charge >= 0.3 is 5.97 Å². The Balaban J connectivity index is 2.57. The third-order valence-electron chi connectivity index (χ3n) is 2.17. The van der Waals surface area contributed by atoms with Crippen LogP contribution in [0.1, 0.15) is 17.3 Å². The van der Waals surface area contributed by atoms with Gasteiger partial charge in [-0.25, -0.2) is 9.18 Å². The van der Waals surface area contributed by atoms with Gasteiger partial charge in [0.2, 0.25) is 0 Å². The SMILES string of the molecule is CCOC(=O)c1ccc(F)c2[nH]ccc12. The van der Waals surface area contributed by atoms with Crippen LogP contribution >= 0.6 is 0 Å². The number of carbonyl (C=O) groups excluding carboxylic acids is 1. The van der Waals surface area contributed by atoms with Crippen LogP contribution in [0.4, 0.5) is 4.39 Å². The van der Waals surface area contributed by atoms with Crippen LogP contribution < -0.4 is 0 Å². The molecule has 0 fully saturated rings. The number of hydrogen-bond acceptors (Lipinski definition) is 2. The summed E-state index contributed by atoms with van der Waals surface area (Å²) in [5, 5.41) is 0.549. The Morgan fingerprint density at radius 3 is 3.00 bits per heavy atom. The first-order valence-corrected chi connectivity index (χ1v) is 4.66. The lowest BCUT2D eigenvalue weighted by Gasteiger charge is -2.03. The van der Waals surface area contributed by atoms with Crippen molar-refractivity contribution >= 4 is 16.9 Å². The third-order valence-corrected chi connectivity index (χ3v) is 2.17. The van der Waals surface area contributed by atoms with Crippen LogP contribution in [0.25, 0.3) is 10.9 Å². The monoisotopic (exact) mass is 207 g/mol. The summed E-state index contributed by atoms with van der Waals surface area (Å²) in [7, 11) is 0. The maximum atomic E-state index is 13.3. The number of nitrogens with one attached hydrogen (secondary N) is 1. The van der Waals surface area contributed by atoms with Gasteiger partial charge < -0.3 is 9.72 Å². The summed E-state index contributed by atoms with van der Waals surface area (Å²) in [5.41, 5.74) is 0.718. The van der Waals surface area contributed by atoms with Gasteiger partial charge in [0.05, 0.1) is 17.7 Å². The van der Waals surface area contributed by atoms with Crippen molar-refractivity contribution < 1.29 is 13.9 Å². The smallest absolute Gasteiger partial charge is 0.338 e. The molecule has 78 valence electrons. The molecule has 0 saturated heterocycles. The van der Waals surface area contributed by atoms with E-state index in [2.05, 4.69) is 4.98 Å². The predicted octanol–water partition coefficient (Wildman–Crippen LogP) is 2.48. The summed E-state index contributed by atoms with van der Waals surface area (Å²) in [5.74, 6) is -0.801. The molecule has 3 nitrogen and oxygen atoms in total. The maximum absolute atomic E-state index is 13.3. The van der Waals surface area contributed by atoms with Gasteiger partial charge in [0.1, 0.15) is 5.82 Å². The van der Waals surface area contributed by atoms with Gasteiger partial charge in [-0.1, -0.05) is 0 Å². The van der Waals surface area contributed by atoms with Crippen molar-refractivity contribution in [2.24, 2.45) is 0 Å². The summed E-state index contributed by atoms with van der Waals surface area (Å²) >= 11 is 0. The minimum atomic E-state index is -0.429. The van der Waals surface area contributed by atoms with Crippen LogP contribution in [0.3, 0.4) is 0 Å². The van der Waals surface area contributed by atoms with Gasteiger partial charge in [0.15, 0.2) is 0 Å². The number of H-pyrrole nitrogens is 1. The highest BCUT2D eigenvalue weighted by Gasteiger charge is 2.13. The Hall–Kier alpha value is -1.84. The molecule has 0 atom stereocenters. The fourth-order valence-electron chi connectivity index (χ4n) is 1.51. The average molecular weight is 207 g/mol. The molecule has 0 saturated carbocycles. The minimum absolute atomic E-state index is 0.308. The van der Waals surface area contributed by atoms with Crippen LogP contribution in [0.2, 0.25) is 0 Å². The lowest BCUT2D eigenvalue weighted by atomic mass is 10.1. The van der Waals surface area contributed by atoms with Gasteiger partial charge in [-0.05, 0) is 25.1 Å². The van der Waals surface area contributed by atoms with Crippen LogP contribution in [-0.2, 0) is 4.74 Å². The molecule has 2 aromatic rings. The highest BCUT2D eigenvalue weighted by molar-refractivity contribution is 6.03. The van der Waals surface area contributed by atoms with Gasteiger partial charge in [0.25, 0.3) is 0 Å². The average Bonchev–Trinajstić information content (AvgIpc) is 2.68. The minimum Gasteiger partial charge on any atom is -0.462 e. The van der Waals surface area contributed by atoms with E-state index in [1.807, 2.05) is 0 Å².